The van der Waals surface area contributed by atoms with Gasteiger partial charge in [0, 0.05) is 9.13 Å². The van der Waals surface area contributed by atoms with Gasteiger partial charge in [-0.25, -0.2) is 0 Å². The maximum absolute atomic E-state index is 12.0. The number of hydrogen-bond donors (Lipinski definition) is 1. The van der Waals surface area contributed by atoms with E-state index in [0.717, 1.165) is 9.13 Å². The average Bonchev–Trinajstić information content (AvgIpc) is 2.45. The van der Waals surface area contributed by atoms with Gasteiger partial charge in [0.15, 0.2) is 5.78 Å². The number of phenols is 1. The van der Waals surface area contributed by atoms with Crippen LogP contribution in [0, 0.1) is 3.57 Å². The first-order chi connectivity index (χ1) is 9.61. The third kappa shape index (κ3) is 3.39. The van der Waals surface area contributed by atoms with Crippen LogP contribution in [0.1, 0.15) is 15.9 Å². The Morgan fingerprint density at radius 2 is 2.00 bits per heavy atom. The quantitative estimate of drug-likeness (QED) is 0.497. The maximum atomic E-state index is 12.0. The third-order valence-electron chi connectivity index (χ3n) is 2.78. The Kier molecular flexibility index (Phi) is 4.79. The van der Waals surface area contributed by atoms with Crippen molar-refractivity contribution < 1.29 is 14.6 Å². The minimum Gasteiger partial charge on any atom is -0.507 e. The van der Waals surface area contributed by atoms with Gasteiger partial charge in [0.1, 0.15) is 11.5 Å². The number of carbonyl (C=O) groups is 1. The molecule has 3 nitrogen and oxygen atoms in total. The fraction of sp³-hybridized carbons (Fsp3) is 0.0625. The molecule has 0 amide bonds. The van der Waals surface area contributed by atoms with Crippen LogP contribution >= 0.6 is 22.6 Å². The van der Waals surface area contributed by atoms with Gasteiger partial charge in [0.25, 0.3) is 0 Å². The zero-order valence-electron chi connectivity index (χ0n) is 10.8. The van der Waals surface area contributed by atoms with Crippen molar-refractivity contribution in [3.63, 3.8) is 0 Å². The second kappa shape index (κ2) is 6.56. The van der Waals surface area contributed by atoms with Crippen molar-refractivity contribution in [3.8, 4) is 11.5 Å². The van der Waals surface area contributed by atoms with Gasteiger partial charge < -0.3 is 9.84 Å². The molecule has 0 aliphatic rings. The fourth-order valence-electron chi connectivity index (χ4n) is 1.77. The van der Waals surface area contributed by atoms with Crippen LogP contribution < -0.4 is 4.74 Å². The lowest BCUT2D eigenvalue weighted by atomic mass is 10.1. The molecule has 0 bridgehead atoms. The summed E-state index contributed by atoms with van der Waals surface area (Å²) in [5.41, 5.74) is 1.11. The van der Waals surface area contributed by atoms with Gasteiger partial charge in [0.05, 0.1) is 12.7 Å². The summed E-state index contributed by atoms with van der Waals surface area (Å²) in [6.45, 7) is 0. The number of carbonyl (C=O) groups excluding carboxylic acids is 1. The van der Waals surface area contributed by atoms with Crippen LogP contribution in [0.3, 0.4) is 0 Å². The van der Waals surface area contributed by atoms with Gasteiger partial charge in [-0.05, 0) is 65.1 Å². The molecule has 102 valence electrons. The van der Waals surface area contributed by atoms with Crippen LogP contribution in [0.15, 0.2) is 48.5 Å². The molecule has 0 aromatic heterocycles. The third-order valence-corrected chi connectivity index (χ3v) is 3.45. The van der Waals surface area contributed by atoms with Gasteiger partial charge in [0.2, 0.25) is 0 Å². The molecule has 0 aliphatic heterocycles. The number of ketones is 1. The Bertz CT molecular complexity index is 663. The summed E-state index contributed by atoms with van der Waals surface area (Å²) in [5, 5.41) is 9.64. The predicted molar refractivity (Wildman–Crippen MR) is 87.2 cm³/mol. The Morgan fingerprint density at radius 1 is 1.25 bits per heavy atom. The predicted octanol–water partition coefficient (Wildman–Crippen LogP) is 3.90. The lowest BCUT2D eigenvalue weighted by Crippen LogP contribution is -1.95. The lowest BCUT2D eigenvalue weighted by molar-refractivity contribution is 0.104. The van der Waals surface area contributed by atoms with Gasteiger partial charge in [-0.2, -0.15) is 0 Å². The first-order valence-electron chi connectivity index (χ1n) is 5.96. The topological polar surface area (TPSA) is 46.5 Å². The second-order valence-electron chi connectivity index (χ2n) is 4.10. The molecule has 0 saturated carbocycles. The van der Waals surface area contributed by atoms with Crippen LogP contribution in [-0.4, -0.2) is 18.0 Å². The highest BCUT2D eigenvalue weighted by molar-refractivity contribution is 14.1. The SMILES string of the molecule is COc1ccc(I)cc1/C=C/C(=O)c1ccccc1O. The number of ether oxygens (including phenoxy) is 1. The van der Waals surface area contributed by atoms with Crippen LogP contribution in [0.2, 0.25) is 0 Å². The van der Waals surface area contributed by atoms with Crippen molar-refractivity contribution in [2.45, 2.75) is 0 Å². The molecule has 0 aliphatic carbocycles. The minimum absolute atomic E-state index is 0.0169. The van der Waals surface area contributed by atoms with E-state index in [1.54, 1.807) is 31.4 Å². The van der Waals surface area contributed by atoms with E-state index in [2.05, 4.69) is 22.6 Å². The molecule has 1 N–H and O–H groups in total. The summed E-state index contributed by atoms with van der Waals surface area (Å²) in [5.74, 6) is 0.438. The van der Waals surface area contributed by atoms with Crippen molar-refractivity contribution in [3.05, 3.63) is 63.2 Å². The highest BCUT2D eigenvalue weighted by Gasteiger charge is 2.07. The Labute approximate surface area is 131 Å². The Hall–Kier alpha value is -1.82. The molecule has 0 radical (unpaired) electrons. The smallest absolute Gasteiger partial charge is 0.189 e. The summed E-state index contributed by atoms with van der Waals surface area (Å²) in [4.78, 5) is 12.0. The number of halogens is 1. The van der Waals surface area contributed by atoms with E-state index in [4.69, 9.17) is 4.74 Å². The molecular weight excluding hydrogens is 367 g/mol. The van der Waals surface area contributed by atoms with E-state index >= 15 is 0 Å². The first kappa shape index (κ1) is 14.6. The number of allylic oxidation sites excluding steroid dienone is 1. The molecule has 0 unspecified atom stereocenters. The molecular formula is C16H13IO3. The Balaban J connectivity index is 2.28. The van der Waals surface area contributed by atoms with E-state index < -0.39 is 0 Å². The van der Waals surface area contributed by atoms with Gasteiger partial charge in [-0.1, -0.05) is 12.1 Å². The average molecular weight is 380 g/mol. The monoisotopic (exact) mass is 380 g/mol. The zero-order chi connectivity index (χ0) is 14.5. The van der Waals surface area contributed by atoms with E-state index in [9.17, 15) is 9.90 Å². The van der Waals surface area contributed by atoms with Gasteiger partial charge >= 0.3 is 0 Å². The molecule has 2 rings (SSSR count). The molecule has 0 atom stereocenters. The molecule has 4 heteroatoms. The number of hydrogen-bond acceptors (Lipinski definition) is 3. The van der Waals surface area contributed by atoms with E-state index in [1.165, 1.54) is 12.1 Å². The van der Waals surface area contributed by atoms with Crippen LogP contribution in [-0.2, 0) is 0 Å². The number of rotatable bonds is 4. The molecule has 20 heavy (non-hydrogen) atoms. The maximum Gasteiger partial charge on any atom is 0.189 e. The highest BCUT2D eigenvalue weighted by Crippen LogP contribution is 2.23. The fourth-order valence-corrected chi connectivity index (χ4v) is 2.29. The summed E-state index contributed by atoms with van der Waals surface area (Å²) >= 11 is 2.20. The molecule has 0 fully saturated rings. The molecule has 2 aromatic rings. The summed E-state index contributed by atoms with van der Waals surface area (Å²) in [7, 11) is 1.59. The van der Waals surface area contributed by atoms with Crippen LogP contribution in [0.4, 0.5) is 0 Å². The standard InChI is InChI=1S/C16H13IO3/c1-20-16-9-7-12(17)10-11(16)6-8-15(19)13-4-2-3-5-14(13)18/h2-10,18H,1H3/b8-6+. The number of para-hydroxylation sites is 1. The largest absolute Gasteiger partial charge is 0.507 e. The molecule has 0 spiro atoms. The lowest BCUT2D eigenvalue weighted by Gasteiger charge is -2.05. The van der Waals surface area contributed by atoms with Crippen molar-refractivity contribution in [2.75, 3.05) is 7.11 Å². The summed E-state index contributed by atoms with van der Waals surface area (Å²) in [6, 6.07) is 12.2. The highest BCUT2D eigenvalue weighted by atomic mass is 127. The van der Waals surface area contributed by atoms with Crippen molar-refractivity contribution in [2.24, 2.45) is 0 Å². The molecule has 0 heterocycles. The second-order valence-corrected chi connectivity index (χ2v) is 5.35. The van der Waals surface area contributed by atoms with Crippen molar-refractivity contribution in [1.82, 2.24) is 0 Å². The number of phenolic OH excluding ortho intramolecular Hbond substituents is 1. The summed E-state index contributed by atoms with van der Waals surface area (Å²) in [6.07, 6.45) is 3.12. The van der Waals surface area contributed by atoms with E-state index in [1.807, 2.05) is 18.2 Å². The van der Waals surface area contributed by atoms with Crippen molar-refractivity contribution >= 4 is 34.5 Å². The first-order valence-corrected chi connectivity index (χ1v) is 7.03. The van der Waals surface area contributed by atoms with Crippen LogP contribution in [0.5, 0.6) is 11.5 Å². The minimum atomic E-state index is -0.246. The number of benzene rings is 2. The van der Waals surface area contributed by atoms with E-state index in [0.29, 0.717) is 5.75 Å². The van der Waals surface area contributed by atoms with E-state index in [-0.39, 0.29) is 17.1 Å². The number of methoxy groups -OCH3 is 1. The van der Waals surface area contributed by atoms with Gasteiger partial charge in [-0.15, -0.1) is 0 Å². The van der Waals surface area contributed by atoms with Gasteiger partial charge in [-0.3, -0.25) is 4.79 Å². The molecule has 2 aromatic carbocycles. The normalized spacial score (nSPS) is 10.7. The Morgan fingerprint density at radius 3 is 2.70 bits per heavy atom. The zero-order valence-corrected chi connectivity index (χ0v) is 13.0. The number of aromatic hydroxyl groups is 1. The van der Waals surface area contributed by atoms with Crippen molar-refractivity contribution in [1.29, 1.82) is 0 Å². The van der Waals surface area contributed by atoms with Crippen LogP contribution in [0.25, 0.3) is 6.08 Å². The summed E-state index contributed by atoms with van der Waals surface area (Å²) < 4.78 is 6.30. The molecule has 0 saturated heterocycles.